The van der Waals surface area contributed by atoms with Crippen molar-refractivity contribution in [3.05, 3.63) is 63.6 Å². The predicted molar refractivity (Wildman–Crippen MR) is 121 cm³/mol. The summed E-state index contributed by atoms with van der Waals surface area (Å²) in [7, 11) is 0. The maximum absolute atomic E-state index is 13.0. The number of hydrogen-bond donors (Lipinski definition) is 1. The minimum Gasteiger partial charge on any atom is -0.484 e. The van der Waals surface area contributed by atoms with Gasteiger partial charge in [-0.2, -0.15) is 0 Å². The van der Waals surface area contributed by atoms with Crippen molar-refractivity contribution >= 4 is 35.0 Å². The van der Waals surface area contributed by atoms with Crippen molar-refractivity contribution < 1.29 is 14.3 Å². The van der Waals surface area contributed by atoms with E-state index >= 15 is 0 Å². The number of nitrogens with one attached hydrogen (secondary N) is 1. The highest BCUT2D eigenvalue weighted by Crippen LogP contribution is 2.21. The average molecular weight is 451 g/mol. The van der Waals surface area contributed by atoms with Crippen molar-refractivity contribution in [3.8, 4) is 5.75 Å². The summed E-state index contributed by atoms with van der Waals surface area (Å²) in [6.45, 7) is 7.60. The molecule has 0 saturated carbocycles. The van der Waals surface area contributed by atoms with Crippen LogP contribution in [0.4, 0.5) is 0 Å². The summed E-state index contributed by atoms with van der Waals surface area (Å²) in [5.41, 5.74) is 1.74. The van der Waals surface area contributed by atoms with E-state index in [9.17, 15) is 9.59 Å². The number of carbonyl (C=O) groups excluding carboxylic acids is 2. The number of ether oxygens (including phenoxy) is 1. The quantitative estimate of drug-likeness (QED) is 0.583. The van der Waals surface area contributed by atoms with Crippen LogP contribution in [0.25, 0.3) is 0 Å². The van der Waals surface area contributed by atoms with Crippen LogP contribution in [0.2, 0.25) is 10.0 Å². The third-order valence-corrected chi connectivity index (χ3v) is 5.60. The Balaban J connectivity index is 2.15. The summed E-state index contributed by atoms with van der Waals surface area (Å²) >= 11 is 12.0. The van der Waals surface area contributed by atoms with E-state index in [4.69, 9.17) is 27.9 Å². The Bertz CT molecular complexity index is 871. The van der Waals surface area contributed by atoms with E-state index in [-0.39, 0.29) is 31.0 Å². The van der Waals surface area contributed by atoms with E-state index in [0.29, 0.717) is 15.8 Å². The zero-order valence-corrected chi connectivity index (χ0v) is 19.3. The molecule has 0 fully saturated rings. The molecule has 2 aromatic rings. The van der Waals surface area contributed by atoms with Crippen LogP contribution in [0.5, 0.6) is 5.75 Å². The highest BCUT2D eigenvalue weighted by Gasteiger charge is 2.27. The van der Waals surface area contributed by atoms with Crippen LogP contribution in [0.15, 0.2) is 42.5 Å². The van der Waals surface area contributed by atoms with Crippen LogP contribution in [-0.4, -0.2) is 35.4 Å². The first-order chi connectivity index (χ1) is 14.2. The second-order valence-corrected chi connectivity index (χ2v) is 8.19. The second-order valence-electron chi connectivity index (χ2n) is 7.34. The highest BCUT2D eigenvalue weighted by atomic mass is 35.5. The lowest BCUT2D eigenvalue weighted by atomic mass is 10.1. The molecule has 1 N–H and O–H groups in total. The first kappa shape index (κ1) is 24.0. The van der Waals surface area contributed by atoms with Crippen LogP contribution >= 0.6 is 23.2 Å². The fourth-order valence-corrected chi connectivity index (χ4v) is 3.01. The van der Waals surface area contributed by atoms with E-state index in [1.807, 2.05) is 32.9 Å². The maximum atomic E-state index is 13.0. The Labute approximate surface area is 188 Å². The summed E-state index contributed by atoms with van der Waals surface area (Å²) < 4.78 is 5.67. The first-order valence-corrected chi connectivity index (χ1v) is 10.7. The summed E-state index contributed by atoms with van der Waals surface area (Å²) in [5, 5.41) is 4.18. The molecule has 0 aliphatic heterocycles. The monoisotopic (exact) mass is 450 g/mol. The zero-order chi connectivity index (χ0) is 22.3. The number of amides is 2. The van der Waals surface area contributed by atoms with Gasteiger partial charge in [0.1, 0.15) is 11.8 Å². The molecule has 0 bridgehead atoms. The summed E-state index contributed by atoms with van der Waals surface area (Å²) in [4.78, 5) is 27.2. The zero-order valence-electron chi connectivity index (χ0n) is 17.7. The third-order valence-electron chi connectivity index (χ3n) is 4.93. The highest BCUT2D eigenvalue weighted by molar-refractivity contribution is 6.31. The van der Waals surface area contributed by atoms with Gasteiger partial charge in [-0.05, 0) is 68.7 Å². The Hall–Kier alpha value is -2.24. The largest absolute Gasteiger partial charge is 0.484 e. The van der Waals surface area contributed by atoms with Crippen molar-refractivity contribution in [2.45, 2.75) is 52.7 Å². The normalized spacial score (nSPS) is 12.7. The van der Waals surface area contributed by atoms with Crippen molar-refractivity contribution in [1.82, 2.24) is 10.2 Å². The van der Waals surface area contributed by atoms with E-state index in [2.05, 4.69) is 5.32 Å². The van der Waals surface area contributed by atoms with Crippen LogP contribution in [-0.2, 0) is 16.1 Å². The lowest BCUT2D eigenvalue weighted by Crippen LogP contribution is -2.50. The van der Waals surface area contributed by atoms with Crippen LogP contribution in [0.1, 0.15) is 38.3 Å². The van der Waals surface area contributed by atoms with E-state index in [1.54, 1.807) is 37.3 Å². The van der Waals surface area contributed by atoms with E-state index in [0.717, 1.165) is 17.5 Å². The Kier molecular flexibility index (Phi) is 9.00. The molecule has 30 heavy (non-hydrogen) atoms. The molecule has 0 radical (unpaired) electrons. The molecule has 0 heterocycles. The third kappa shape index (κ3) is 6.92. The van der Waals surface area contributed by atoms with Gasteiger partial charge in [-0.3, -0.25) is 9.59 Å². The van der Waals surface area contributed by atoms with Crippen molar-refractivity contribution in [2.24, 2.45) is 0 Å². The van der Waals surface area contributed by atoms with Crippen molar-refractivity contribution in [1.29, 1.82) is 0 Å². The molecule has 2 amide bonds. The molecule has 5 nitrogen and oxygen atoms in total. The molecule has 0 unspecified atom stereocenters. The summed E-state index contributed by atoms with van der Waals surface area (Å²) in [5.74, 6) is 0.0618. The molecule has 7 heteroatoms. The Morgan fingerprint density at radius 2 is 1.77 bits per heavy atom. The standard InChI is InChI=1S/C23H28Cl2N2O3/c1-5-16(3)26-23(29)17(4)27(13-18-6-8-19(24)9-7-18)22(28)14-30-20-10-11-21(25)15(2)12-20/h6-12,16-17H,5,13-14H2,1-4H3,(H,26,29)/t16-,17-/m0/s1. The molecular weight excluding hydrogens is 423 g/mol. The molecule has 0 saturated heterocycles. The topological polar surface area (TPSA) is 58.6 Å². The van der Waals surface area contributed by atoms with Gasteiger partial charge < -0.3 is 15.0 Å². The molecule has 2 atom stereocenters. The van der Waals surface area contributed by atoms with Gasteiger partial charge in [-0.1, -0.05) is 42.3 Å². The number of nitrogens with zero attached hydrogens (tertiary/aromatic N) is 1. The van der Waals surface area contributed by atoms with Crippen molar-refractivity contribution in [3.63, 3.8) is 0 Å². The molecule has 0 aliphatic rings. The Morgan fingerprint density at radius 1 is 1.10 bits per heavy atom. The van der Waals surface area contributed by atoms with Gasteiger partial charge in [-0.15, -0.1) is 0 Å². The average Bonchev–Trinajstić information content (AvgIpc) is 2.73. The van der Waals surface area contributed by atoms with Crippen LogP contribution in [0, 0.1) is 6.92 Å². The van der Waals surface area contributed by atoms with Crippen molar-refractivity contribution in [2.75, 3.05) is 6.61 Å². The molecule has 162 valence electrons. The summed E-state index contributed by atoms with van der Waals surface area (Å²) in [6, 6.07) is 11.8. The molecule has 0 spiro atoms. The lowest BCUT2D eigenvalue weighted by Gasteiger charge is -2.29. The van der Waals surface area contributed by atoms with Gasteiger partial charge >= 0.3 is 0 Å². The van der Waals surface area contributed by atoms with Gasteiger partial charge in [0.2, 0.25) is 5.91 Å². The van der Waals surface area contributed by atoms with E-state index < -0.39 is 6.04 Å². The van der Waals surface area contributed by atoms with E-state index in [1.165, 1.54) is 4.90 Å². The van der Waals surface area contributed by atoms with Gasteiger partial charge in [0.15, 0.2) is 6.61 Å². The number of halogens is 2. The van der Waals surface area contributed by atoms with Gasteiger partial charge in [0, 0.05) is 22.6 Å². The first-order valence-electron chi connectivity index (χ1n) is 9.94. The van der Waals surface area contributed by atoms with Gasteiger partial charge in [0.25, 0.3) is 5.91 Å². The number of aryl methyl sites for hydroxylation is 1. The second kappa shape index (κ2) is 11.2. The Morgan fingerprint density at radius 3 is 2.37 bits per heavy atom. The minimum absolute atomic E-state index is 0.0285. The number of hydrogen-bond acceptors (Lipinski definition) is 3. The molecule has 2 aromatic carbocycles. The lowest BCUT2D eigenvalue weighted by molar-refractivity contribution is -0.142. The SMILES string of the molecule is CC[C@H](C)NC(=O)[C@H](C)N(Cc1ccc(Cl)cc1)C(=O)COc1ccc(Cl)c(C)c1. The van der Waals surface area contributed by atoms with Gasteiger partial charge in [-0.25, -0.2) is 0 Å². The fourth-order valence-electron chi connectivity index (χ4n) is 2.77. The minimum atomic E-state index is -0.655. The maximum Gasteiger partial charge on any atom is 0.261 e. The number of benzene rings is 2. The number of rotatable bonds is 9. The fraction of sp³-hybridized carbons (Fsp3) is 0.391. The van der Waals surface area contributed by atoms with Crippen LogP contribution < -0.4 is 10.1 Å². The molecular formula is C23H28Cl2N2O3. The molecule has 0 aromatic heterocycles. The molecule has 0 aliphatic carbocycles. The van der Waals surface area contributed by atoms with Crippen LogP contribution in [0.3, 0.4) is 0 Å². The predicted octanol–water partition coefficient (Wildman–Crippen LogP) is 5.01. The smallest absolute Gasteiger partial charge is 0.261 e. The number of carbonyl (C=O) groups is 2. The summed E-state index contributed by atoms with van der Waals surface area (Å²) in [6.07, 6.45) is 0.808. The van der Waals surface area contributed by atoms with Gasteiger partial charge in [0.05, 0.1) is 0 Å². The molecule has 2 rings (SSSR count).